The van der Waals surface area contributed by atoms with E-state index in [4.69, 9.17) is 10.5 Å². The fourth-order valence-corrected chi connectivity index (χ4v) is 2.00. The molecule has 0 unspecified atom stereocenters. The maximum atomic E-state index is 9.18. The number of ether oxygens (including phenoxy) is 1. The van der Waals surface area contributed by atoms with Crippen molar-refractivity contribution in [3.63, 3.8) is 0 Å². The highest BCUT2D eigenvalue weighted by Gasteiger charge is 2.27. The molecule has 1 saturated carbocycles. The van der Waals surface area contributed by atoms with Gasteiger partial charge in [-0.3, -0.25) is 0 Å². The Hall–Kier alpha value is -1.63. The molecule has 106 valence electrons. The molecule has 0 amide bonds. The fraction of sp³-hybridized carbons (Fsp3) is 0.750. The van der Waals surface area contributed by atoms with Gasteiger partial charge in [0, 0.05) is 12.6 Å². The van der Waals surface area contributed by atoms with Crippen LogP contribution in [0.5, 0.6) is 6.01 Å². The Kier molecular flexibility index (Phi) is 4.36. The second-order valence-corrected chi connectivity index (χ2v) is 4.94. The number of anilines is 2. The number of hydrogen-bond donors (Lipinski definition) is 2. The smallest absolute Gasteiger partial charge is 0.323 e. The van der Waals surface area contributed by atoms with E-state index in [1.54, 1.807) is 0 Å². The molecule has 0 saturated heterocycles. The molecule has 2 rings (SSSR count). The highest BCUT2D eigenvalue weighted by atomic mass is 16.5. The molecule has 7 nitrogen and oxygen atoms in total. The highest BCUT2D eigenvalue weighted by Crippen LogP contribution is 2.28. The molecule has 0 aromatic carbocycles. The van der Waals surface area contributed by atoms with E-state index in [0.29, 0.717) is 18.5 Å². The van der Waals surface area contributed by atoms with Gasteiger partial charge in [-0.1, -0.05) is 0 Å². The molecule has 3 N–H and O–H groups in total. The molecule has 0 radical (unpaired) electrons. The van der Waals surface area contributed by atoms with Crippen LogP contribution >= 0.6 is 0 Å². The van der Waals surface area contributed by atoms with Crippen LogP contribution in [0.2, 0.25) is 0 Å². The summed E-state index contributed by atoms with van der Waals surface area (Å²) in [5, 5.41) is 9.18. The zero-order chi connectivity index (χ0) is 13.8. The minimum absolute atomic E-state index is 0.0235. The quantitative estimate of drug-likeness (QED) is 0.778. The molecule has 0 atom stereocenters. The second kappa shape index (κ2) is 6.01. The lowest BCUT2D eigenvalue weighted by Gasteiger charge is -2.37. The van der Waals surface area contributed by atoms with Crippen LogP contribution in [0.4, 0.5) is 11.9 Å². The summed E-state index contributed by atoms with van der Waals surface area (Å²) in [5.74, 6) is 0.629. The largest absolute Gasteiger partial charge is 0.461 e. The molecule has 1 aliphatic carbocycles. The second-order valence-electron chi connectivity index (χ2n) is 4.94. The summed E-state index contributed by atoms with van der Waals surface area (Å²) in [6.07, 6.45) is 3.35. The van der Waals surface area contributed by atoms with Crippen LogP contribution in [0.1, 0.15) is 33.1 Å². The van der Waals surface area contributed by atoms with Gasteiger partial charge in [-0.15, -0.1) is 0 Å². The first-order valence-corrected chi connectivity index (χ1v) is 6.66. The van der Waals surface area contributed by atoms with Crippen LogP contribution in [-0.2, 0) is 0 Å². The molecule has 1 aromatic heterocycles. The van der Waals surface area contributed by atoms with E-state index < -0.39 is 0 Å². The first kappa shape index (κ1) is 13.8. The lowest BCUT2D eigenvalue weighted by atomic mass is 9.92. The Bertz CT molecular complexity index is 423. The van der Waals surface area contributed by atoms with Crippen molar-refractivity contribution in [1.82, 2.24) is 15.0 Å². The van der Waals surface area contributed by atoms with Crippen LogP contribution in [0, 0.1) is 0 Å². The van der Waals surface area contributed by atoms with Crippen LogP contribution in [-0.4, -0.2) is 45.4 Å². The van der Waals surface area contributed by atoms with E-state index >= 15 is 0 Å². The van der Waals surface area contributed by atoms with Crippen molar-refractivity contribution in [3.8, 4) is 6.01 Å². The van der Waals surface area contributed by atoms with E-state index in [0.717, 1.165) is 12.8 Å². The zero-order valence-corrected chi connectivity index (χ0v) is 11.4. The van der Waals surface area contributed by atoms with Gasteiger partial charge in [0.2, 0.25) is 11.9 Å². The normalized spacial score (nSPS) is 15.4. The van der Waals surface area contributed by atoms with Crippen molar-refractivity contribution in [2.24, 2.45) is 0 Å². The monoisotopic (exact) mass is 267 g/mol. The summed E-state index contributed by atoms with van der Waals surface area (Å²) in [7, 11) is 0. The number of nitrogen functional groups attached to an aromatic ring is 1. The third-order valence-electron chi connectivity index (χ3n) is 3.07. The third kappa shape index (κ3) is 3.44. The van der Waals surface area contributed by atoms with Gasteiger partial charge in [0.05, 0.1) is 12.7 Å². The molecule has 0 spiro atoms. The predicted octanol–water partition coefficient (Wildman–Crippen LogP) is 0.592. The molecule has 1 aromatic rings. The SMILES string of the molecule is CC(C)Oc1nc(N)nc(N(CCO)C2CCC2)n1. The van der Waals surface area contributed by atoms with Gasteiger partial charge < -0.3 is 20.5 Å². The highest BCUT2D eigenvalue weighted by molar-refractivity contribution is 5.38. The van der Waals surface area contributed by atoms with E-state index in [2.05, 4.69) is 15.0 Å². The van der Waals surface area contributed by atoms with Crippen LogP contribution in [0.3, 0.4) is 0 Å². The summed E-state index contributed by atoms with van der Waals surface area (Å²) in [4.78, 5) is 14.4. The average molecular weight is 267 g/mol. The average Bonchev–Trinajstić information content (AvgIpc) is 2.24. The lowest BCUT2D eigenvalue weighted by Crippen LogP contribution is -2.43. The summed E-state index contributed by atoms with van der Waals surface area (Å²) in [5.41, 5.74) is 5.70. The molecular weight excluding hydrogens is 246 g/mol. The van der Waals surface area contributed by atoms with E-state index in [9.17, 15) is 5.11 Å². The molecule has 1 heterocycles. The summed E-state index contributed by atoms with van der Waals surface area (Å²) in [6, 6.07) is 0.612. The minimum Gasteiger partial charge on any atom is -0.461 e. The van der Waals surface area contributed by atoms with Gasteiger partial charge in [-0.05, 0) is 33.1 Å². The zero-order valence-electron chi connectivity index (χ0n) is 11.4. The van der Waals surface area contributed by atoms with Gasteiger partial charge in [0.1, 0.15) is 0 Å². The number of rotatable bonds is 6. The van der Waals surface area contributed by atoms with Crippen LogP contribution < -0.4 is 15.4 Å². The molecule has 1 fully saturated rings. The van der Waals surface area contributed by atoms with E-state index in [1.165, 1.54) is 6.42 Å². The van der Waals surface area contributed by atoms with Gasteiger partial charge >= 0.3 is 6.01 Å². The van der Waals surface area contributed by atoms with E-state index in [-0.39, 0.29) is 24.7 Å². The van der Waals surface area contributed by atoms with Gasteiger partial charge in [0.25, 0.3) is 0 Å². The first-order valence-electron chi connectivity index (χ1n) is 6.66. The number of aliphatic hydroxyl groups excluding tert-OH is 1. The summed E-state index contributed by atoms with van der Waals surface area (Å²) < 4.78 is 5.46. The molecule has 0 bridgehead atoms. The summed E-state index contributed by atoms with van der Waals surface area (Å²) >= 11 is 0. The Labute approximate surface area is 112 Å². The van der Waals surface area contributed by atoms with Crippen molar-refractivity contribution < 1.29 is 9.84 Å². The van der Waals surface area contributed by atoms with Crippen LogP contribution in [0.15, 0.2) is 0 Å². The Morgan fingerprint density at radius 2 is 2.11 bits per heavy atom. The van der Waals surface area contributed by atoms with E-state index in [1.807, 2.05) is 18.7 Å². The number of aromatic nitrogens is 3. The van der Waals surface area contributed by atoms with Gasteiger partial charge in [0.15, 0.2) is 0 Å². The lowest BCUT2D eigenvalue weighted by molar-refractivity contribution is 0.221. The molecule has 0 aliphatic heterocycles. The first-order chi connectivity index (χ1) is 9.10. The number of nitrogens with zero attached hydrogens (tertiary/aromatic N) is 4. The Balaban J connectivity index is 2.22. The predicted molar refractivity (Wildman–Crippen MR) is 72.1 cm³/mol. The molecule has 1 aliphatic rings. The van der Waals surface area contributed by atoms with Crippen molar-refractivity contribution in [1.29, 1.82) is 0 Å². The van der Waals surface area contributed by atoms with Gasteiger partial charge in [-0.25, -0.2) is 0 Å². The maximum absolute atomic E-state index is 9.18. The van der Waals surface area contributed by atoms with Crippen LogP contribution in [0.25, 0.3) is 0 Å². The topological polar surface area (TPSA) is 97.4 Å². The molecule has 7 heteroatoms. The van der Waals surface area contributed by atoms with Crippen molar-refractivity contribution in [2.45, 2.75) is 45.3 Å². The number of hydrogen-bond acceptors (Lipinski definition) is 7. The number of aliphatic hydroxyl groups is 1. The Morgan fingerprint density at radius 1 is 1.37 bits per heavy atom. The third-order valence-corrected chi connectivity index (χ3v) is 3.07. The standard InChI is InChI=1S/C12H21N5O2/c1-8(2)19-12-15-10(13)14-11(16-12)17(6-7-18)9-4-3-5-9/h8-9,18H,3-7H2,1-2H3,(H2,13,14,15,16). The van der Waals surface area contributed by atoms with Gasteiger partial charge in [-0.2, -0.15) is 15.0 Å². The van der Waals surface area contributed by atoms with Crippen molar-refractivity contribution in [2.75, 3.05) is 23.8 Å². The van der Waals surface area contributed by atoms with Crippen molar-refractivity contribution >= 4 is 11.9 Å². The summed E-state index contributed by atoms with van der Waals surface area (Å²) in [6.45, 7) is 4.35. The maximum Gasteiger partial charge on any atom is 0.323 e. The van der Waals surface area contributed by atoms with Crippen molar-refractivity contribution in [3.05, 3.63) is 0 Å². The number of nitrogens with two attached hydrogens (primary N) is 1. The molecule has 19 heavy (non-hydrogen) atoms. The Morgan fingerprint density at radius 3 is 2.63 bits per heavy atom. The fourth-order valence-electron chi connectivity index (χ4n) is 2.00. The molecular formula is C12H21N5O2. The minimum atomic E-state index is -0.0235.